The largest absolute Gasteiger partial charge is 0.399 e. The number of aromatic nitrogens is 2. The predicted octanol–water partition coefficient (Wildman–Crippen LogP) is 4.58. The molecule has 4 aromatic rings. The Morgan fingerprint density at radius 1 is 0.906 bits per heavy atom. The van der Waals surface area contributed by atoms with Gasteiger partial charge >= 0.3 is 0 Å². The van der Waals surface area contributed by atoms with Crippen LogP contribution in [0, 0.1) is 5.82 Å². The second kappa shape index (κ2) is 9.70. The van der Waals surface area contributed by atoms with Gasteiger partial charge in [-0.25, -0.2) is 14.4 Å². The van der Waals surface area contributed by atoms with E-state index in [2.05, 4.69) is 20.6 Å². The highest BCUT2D eigenvalue weighted by molar-refractivity contribution is 5.95. The number of nitrogens with one attached hydrogen (secondary N) is 2. The number of nitrogens with two attached hydrogens (primary N) is 1. The molecule has 0 aliphatic rings. The lowest BCUT2D eigenvalue weighted by atomic mass is 10.1. The maximum Gasteiger partial charge on any atom is 0.251 e. The molecular weight excluding hydrogens is 405 g/mol. The first kappa shape index (κ1) is 21.0. The summed E-state index contributed by atoms with van der Waals surface area (Å²) < 4.78 is 13.4. The third-order valence-electron chi connectivity index (χ3n) is 4.84. The zero-order valence-electron chi connectivity index (χ0n) is 17.3. The maximum absolute atomic E-state index is 13.4. The van der Waals surface area contributed by atoms with Crippen molar-refractivity contribution in [2.75, 3.05) is 17.6 Å². The second-order valence-corrected chi connectivity index (χ2v) is 7.26. The van der Waals surface area contributed by atoms with E-state index in [1.807, 2.05) is 30.3 Å². The number of carbonyl (C=O) groups is 1. The van der Waals surface area contributed by atoms with E-state index in [0.717, 1.165) is 5.56 Å². The van der Waals surface area contributed by atoms with E-state index in [1.165, 1.54) is 12.1 Å². The van der Waals surface area contributed by atoms with E-state index in [-0.39, 0.29) is 11.7 Å². The van der Waals surface area contributed by atoms with Gasteiger partial charge in [-0.1, -0.05) is 30.3 Å². The summed E-state index contributed by atoms with van der Waals surface area (Å²) in [5, 5.41) is 6.01. The molecule has 0 fully saturated rings. The summed E-state index contributed by atoms with van der Waals surface area (Å²) >= 11 is 0. The summed E-state index contributed by atoms with van der Waals surface area (Å²) in [7, 11) is 0. The monoisotopic (exact) mass is 427 g/mol. The Morgan fingerprint density at radius 3 is 2.47 bits per heavy atom. The molecule has 6 nitrogen and oxygen atoms in total. The zero-order valence-corrected chi connectivity index (χ0v) is 17.3. The fraction of sp³-hybridized carbons (Fsp3) is 0.0800. The molecule has 0 aliphatic heterocycles. The molecule has 0 radical (unpaired) electrons. The summed E-state index contributed by atoms with van der Waals surface area (Å²) in [6, 6.07) is 21.0. The number of benzene rings is 3. The Morgan fingerprint density at radius 2 is 1.69 bits per heavy atom. The molecule has 1 heterocycles. The van der Waals surface area contributed by atoms with E-state index < -0.39 is 0 Å². The van der Waals surface area contributed by atoms with Gasteiger partial charge in [0.25, 0.3) is 5.91 Å². The smallest absolute Gasteiger partial charge is 0.251 e. The Bertz CT molecular complexity index is 1230. The van der Waals surface area contributed by atoms with Crippen LogP contribution in [0.5, 0.6) is 0 Å². The minimum Gasteiger partial charge on any atom is -0.399 e. The van der Waals surface area contributed by atoms with Gasteiger partial charge in [0.15, 0.2) is 0 Å². The Hall–Kier alpha value is -4.26. The van der Waals surface area contributed by atoms with Crippen molar-refractivity contribution in [1.29, 1.82) is 0 Å². The number of halogens is 1. The number of nitrogens with zero attached hydrogens (tertiary/aromatic N) is 2. The zero-order chi connectivity index (χ0) is 22.3. The first-order valence-corrected chi connectivity index (χ1v) is 10.1. The number of carbonyl (C=O) groups excluding carboxylic acids is 1. The van der Waals surface area contributed by atoms with E-state index in [4.69, 9.17) is 5.73 Å². The molecule has 3 aromatic carbocycles. The summed E-state index contributed by atoms with van der Waals surface area (Å²) in [6.45, 7) is 0.505. The third-order valence-corrected chi connectivity index (χ3v) is 4.84. The number of hydrogen-bond donors (Lipinski definition) is 3. The van der Waals surface area contributed by atoms with Crippen molar-refractivity contribution < 1.29 is 9.18 Å². The molecule has 7 heteroatoms. The molecule has 0 saturated heterocycles. The lowest BCUT2D eigenvalue weighted by Gasteiger charge is -2.09. The molecule has 32 heavy (non-hydrogen) atoms. The molecule has 160 valence electrons. The molecule has 0 saturated carbocycles. The molecule has 0 atom stereocenters. The van der Waals surface area contributed by atoms with Crippen LogP contribution in [-0.4, -0.2) is 22.4 Å². The van der Waals surface area contributed by atoms with Gasteiger partial charge < -0.3 is 16.4 Å². The van der Waals surface area contributed by atoms with Gasteiger partial charge in [-0.2, -0.15) is 0 Å². The first-order chi connectivity index (χ1) is 15.6. The van der Waals surface area contributed by atoms with Crippen LogP contribution >= 0.6 is 0 Å². The second-order valence-electron chi connectivity index (χ2n) is 7.26. The highest BCUT2D eigenvalue weighted by Gasteiger charge is 2.07. The molecule has 1 aromatic heterocycles. The van der Waals surface area contributed by atoms with Gasteiger partial charge in [-0.05, 0) is 60.0 Å². The van der Waals surface area contributed by atoms with Crippen molar-refractivity contribution in [1.82, 2.24) is 15.3 Å². The van der Waals surface area contributed by atoms with Gasteiger partial charge in [-0.3, -0.25) is 4.79 Å². The molecule has 0 unspecified atom stereocenters. The van der Waals surface area contributed by atoms with Crippen LogP contribution in [0.1, 0.15) is 15.9 Å². The average molecular weight is 427 g/mol. The SMILES string of the molecule is Nc1cccc(CCNC(=O)c2cccc(Nc3ncc(-c4cccc(F)c4)cn3)c2)c1. The molecule has 1 amide bonds. The molecule has 0 spiro atoms. The van der Waals surface area contributed by atoms with Crippen molar-refractivity contribution in [2.45, 2.75) is 6.42 Å². The number of nitrogen functional groups attached to an aromatic ring is 1. The van der Waals surface area contributed by atoms with Crippen molar-refractivity contribution in [3.63, 3.8) is 0 Å². The number of rotatable bonds is 7. The van der Waals surface area contributed by atoms with Crippen molar-refractivity contribution in [2.24, 2.45) is 0 Å². The molecule has 4 rings (SSSR count). The van der Waals surface area contributed by atoms with Crippen molar-refractivity contribution in [3.05, 3.63) is 102 Å². The fourth-order valence-electron chi connectivity index (χ4n) is 3.25. The van der Waals surface area contributed by atoms with E-state index in [0.29, 0.717) is 47.0 Å². The van der Waals surface area contributed by atoms with Crippen molar-refractivity contribution in [3.8, 4) is 11.1 Å². The summed E-state index contributed by atoms with van der Waals surface area (Å²) in [6.07, 6.45) is 3.94. The third kappa shape index (κ3) is 5.46. The number of anilines is 3. The average Bonchev–Trinajstić information content (AvgIpc) is 2.80. The van der Waals surface area contributed by atoms with Gasteiger partial charge in [0.05, 0.1) is 0 Å². The summed E-state index contributed by atoms with van der Waals surface area (Å²) in [5.74, 6) is -0.100. The topological polar surface area (TPSA) is 92.9 Å². The van der Waals surface area contributed by atoms with Crippen LogP contribution < -0.4 is 16.4 Å². The van der Waals surface area contributed by atoms with E-state index >= 15 is 0 Å². The summed E-state index contributed by atoms with van der Waals surface area (Å²) in [4.78, 5) is 21.1. The molecule has 4 N–H and O–H groups in total. The highest BCUT2D eigenvalue weighted by Crippen LogP contribution is 2.20. The van der Waals surface area contributed by atoms with Gasteiger partial charge in [0, 0.05) is 41.4 Å². The molecular formula is C25H22FN5O. The normalized spacial score (nSPS) is 10.5. The quantitative estimate of drug-likeness (QED) is 0.376. The standard InChI is InChI=1S/C25H22FN5O/c26-21-7-2-5-18(13-21)20-15-29-25(30-16-20)31-23-9-3-6-19(14-23)24(32)28-11-10-17-4-1-8-22(27)12-17/h1-9,12-16H,10-11,27H2,(H,28,32)(H,29,30,31). The number of hydrogen-bond acceptors (Lipinski definition) is 5. The predicted molar refractivity (Wildman–Crippen MR) is 124 cm³/mol. The Balaban J connectivity index is 1.36. The minimum atomic E-state index is -0.312. The number of amides is 1. The highest BCUT2D eigenvalue weighted by atomic mass is 19.1. The van der Waals surface area contributed by atoms with Crippen molar-refractivity contribution >= 4 is 23.2 Å². The minimum absolute atomic E-state index is 0.167. The maximum atomic E-state index is 13.4. The van der Waals surface area contributed by atoms with Crippen LogP contribution in [-0.2, 0) is 6.42 Å². The lowest BCUT2D eigenvalue weighted by Crippen LogP contribution is -2.25. The van der Waals surface area contributed by atoms with Gasteiger partial charge in [-0.15, -0.1) is 0 Å². The fourth-order valence-corrected chi connectivity index (χ4v) is 3.25. The first-order valence-electron chi connectivity index (χ1n) is 10.1. The lowest BCUT2D eigenvalue weighted by molar-refractivity contribution is 0.0954. The summed E-state index contributed by atoms with van der Waals surface area (Å²) in [5.41, 5.74) is 10.2. The van der Waals surface area contributed by atoms with Crippen LogP contribution in [0.15, 0.2) is 85.2 Å². The van der Waals surface area contributed by atoms with Gasteiger partial charge in [0.2, 0.25) is 5.95 Å². The van der Waals surface area contributed by atoms with Crippen LogP contribution in [0.3, 0.4) is 0 Å². The molecule has 0 aliphatic carbocycles. The van der Waals surface area contributed by atoms with Crippen LogP contribution in [0.25, 0.3) is 11.1 Å². The van der Waals surface area contributed by atoms with E-state index in [1.54, 1.807) is 42.7 Å². The van der Waals surface area contributed by atoms with Crippen LogP contribution in [0.4, 0.5) is 21.7 Å². The Labute approximate surface area is 185 Å². The Kier molecular flexibility index (Phi) is 6.36. The molecule has 0 bridgehead atoms. The van der Waals surface area contributed by atoms with Gasteiger partial charge in [0.1, 0.15) is 5.82 Å². The van der Waals surface area contributed by atoms with E-state index in [9.17, 15) is 9.18 Å². The van der Waals surface area contributed by atoms with Crippen LogP contribution in [0.2, 0.25) is 0 Å².